The Hall–Kier alpha value is -3.49. The lowest BCUT2D eigenvalue weighted by atomic mass is 10.1. The van der Waals surface area contributed by atoms with Gasteiger partial charge in [-0.05, 0) is 54.7 Å². The van der Waals surface area contributed by atoms with Gasteiger partial charge in [0.2, 0.25) is 0 Å². The van der Waals surface area contributed by atoms with Gasteiger partial charge in [0, 0.05) is 22.9 Å². The lowest BCUT2D eigenvalue weighted by Gasteiger charge is -2.14. The standard InChI is InChI=1S/C23H22ClN3O4S/c1-29-18-7-5-6-17(13-18)25-23(32)27-26-22(28)15-10-11-20(30-2)16(12-15)14-31-21-9-4-3-8-19(21)24/h3-13H,14H2,1-2H3,(H,26,28)(H2,25,27,32). The van der Waals surface area contributed by atoms with E-state index < -0.39 is 0 Å². The molecule has 3 rings (SSSR count). The number of halogens is 1. The number of thiocarbonyl (C=S) groups is 1. The number of nitrogens with one attached hydrogen (secondary N) is 3. The molecular formula is C23H22ClN3O4S. The number of carbonyl (C=O) groups is 1. The second-order valence-corrected chi connectivity index (χ2v) is 7.33. The molecule has 0 aliphatic heterocycles. The molecule has 0 heterocycles. The molecule has 0 fully saturated rings. The number of hydrogen-bond donors (Lipinski definition) is 3. The quantitative estimate of drug-likeness (QED) is 0.344. The van der Waals surface area contributed by atoms with Crippen LogP contribution in [0.25, 0.3) is 0 Å². The number of anilines is 1. The Morgan fingerprint density at radius 1 is 0.938 bits per heavy atom. The summed E-state index contributed by atoms with van der Waals surface area (Å²) in [6.45, 7) is 0.178. The second-order valence-electron chi connectivity index (χ2n) is 6.51. The Bertz CT molecular complexity index is 1110. The SMILES string of the molecule is COc1cccc(NC(=S)NNC(=O)c2ccc(OC)c(COc3ccccc3Cl)c2)c1. The van der Waals surface area contributed by atoms with E-state index in [2.05, 4.69) is 16.2 Å². The zero-order valence-corrected chi connectivity index (χ0v) is 19.0. The summed E-state index contributed by atoms with van der Waals surface area (Å²) in [6.07, 6.45) is 0. The monoisotopic (exact) mass is 471 g/mol. The molecule has 0 aromatic heterocycles. The van der Waals surface area contributed by atoms with E-state index in [0.717, 1.165) is 5.69 Å². The smallest absolute Gasteiger partial charge is 0.269 e. The molecule has 0 unspecified atom stereocenters. The van der Waals surface area contributed by atoms with Crippen LogP contribution in [0, 0.1) is 0 Å². The molecule has 0 aliphatic carbocycles. The molecular weight excluding hydrogens is 450 g/mol. The van der Waals surface area contributed by atoms with Gasteiger partial charge in [0.25, 0.3) is 5.91 Å². The molecule has 0 saturated carbocycles. The lowest BCUT2D eigenvalue weighted by molar-refractivity contribution is 0.0944. The Labute approximate surface area is 196 Å². The summed E-state index contributed by atoms with van der Waals surface area (Å²) >= 11 is 11.4. The molecule has 0 atom stereocenters. The summed E-state index contributed by atoms with van der Waals surface area (Å²) in [6, 6.07) is 19.4. The highest BCUT2D eigenvalue weighted by Crippen LogP contribution is 2.27. The molecule has 0 radical (unpaired) electrons. The third kappa shape index (κ3) is 6.26. The molecule has 166 valence electrons. The topological polar surface area (TPSA) is 80.9 Å². The average Bonchev–Trinajstić information content (AvgIpc) is 2.82. The van der Waals surface area contributed by atoms with Crippen molar-refractivity contribution >= 4 is 40.5 Å². The summed E-state index contributed by atoms with van der Waals surface area (Å²) in [4.78, 5) is 12.6. The minimum Gasteiger partial charge on any atom is -0.497 e. The highest BCUT2D eigenvalue weighted by molar-refractivity contribution is 7.80. The number of methoxy groups -OCH3 is 2. The summed E-state index contributed by atoms with van der Waals surface area (Å²) < 4.78 is 16.3. The van der Waals surface area contributed by atoms with Crippen LogP contribution in [0.5, 0.6) is 17.2 Å². The van der Waals surface area contributed by atoms with Crippen molar-refractivity contribution in [3.8, 4) is 17.2 Å². The van der Waals surface area contributed by atoms with Crippen LogP contribution in [0.3, 0.4) is 0 Å². The number of hydrazine groups is 1. The van der Waals surface area contributed by atoms with Gasteiger partial charge < -0.3 is 19.5 Å². The van der Waals surface area contributed by atoms with E-state index in [4.69, 9.17) is 38.0 Å². The van der Waals surface area contributed by atoms with E-state index in [-0.39, 0.29) is 17.6 Å². The molecule has 7 nitrogen and oxygen atoms in total. The molecule has 3 aromatic rings. The first-order valence-corrected chi connectivity index (χ1v) is 10.3. The summed E-state index contributed by atoms with van der Waals surface area (Å²) in [5.41, 5.74) is 7.07. The molecule has 0 saturated heterocycles. The highest BCUT2D eigenvalue weighted by atomic mass is 35.5. The lowest BCUT2D eigenvalue weighted by Crippen LogP contribution is -2.43. The van der Waals surface area contributed by atoms with Crippen molar-refractivity contribution in [2.75, 3.05) is 19.5 Å². The van der Waals surface area contributed by atoms with Gasteiger partial charge in [0.1, 0.15) is 23.9 Å². The largest absolute Gasteiger partial charge is 0.497 e. The van der Waals surface area contributed by atoms with Crippen molar-refractivity contribution in [2.45, 2.75) is 6.61 Å². The summed E-state index contributed by atoms with van der Waals surface area (Å²) in [7, 11) is 3.14. The van der Waals surface area contributed by atoms with E-state index in [1.165, 1.54) is 0 Å². The third-order valence-corrected chi connectivity index (χ3v) is 4.90. The van der Waals surface area contributed by atoms with E-state index in [1.807, 2.05) is 30.3 Å². The van der Waals surface area contributed by atoms with Crippen LogP contribution in [0.2, 0.25) is 5.02 Å². The van der Waals surface area contributed by atoms with Gasteiger partial charge in [0.15, 0.2) is 5.11 Å². The average molecular weight is 472 g/mol. The number of hydrogen-bond acceptors (Lipinski definition) is 5. The molecule has 0 bridgehead atoms. The fourth-order valence-corrected chi connectivity index (χ4v) is 3.16. The number of carbonyl (C=O) groups excluding carboxylic acids is 1. The van der Waals surface area contributed by atoms with Crippen molar-refractivity contribution in [1.82, 2.24) is 10.9 Å². The summed E-state index contributed by atoms with van der Waals surface area (Å²) in [5.74, 6) is 1.45. The molecule has 3 N–H and O–H groups in total. The van der Waals surface area contributed by atoms with Gasteiger partial charge in [-0.2, -0.15) is 0 Å². The Morgan fingerprint density at radius 2 is 1.75 bits per heavy atom. The van der Waals surface area contributed by atoms with Crippen molar-refractivity contribution in [3.05, 3.63) is 82.9 Å². The fourth-order valence-electron chi connectivity index (χ4n) is 2.80. The molecule has 0 spiro atoms. The Balaban J connectivity index is 1.61. The molecule has 3 aromatic carbocycles. The fraction of sp³-hybridized carbons (Fsp3) is 0.130. The maximum atomic E-state index is 12.6. The van der Waals surface area contributed by atoms with Crippen LogP contribution in [-0.4, -0.2) is 25.2 Å². The minimum atomic E-state index is -0.374. The number of amides is 1. The van der Waals surface area contributed by atoms with Crippen LogP contribution in [0.1, 0.15) is 15.9 Å². The van der Waals surface area contributed by atoms with E-state index in [1.54, 1.807) is 50.6 Å². The van der Waals surface area contributed by atoms with Crippen molar-refractivity contribution in [3.63, 3.8) is 0 Å². The van der Waals surface area contributed by atoms with Crippen molar-refractivity contribution in [2.24, 2.45) is 0 Å². The van der Waals surface area contributed by atoms with Gasteiger partial charge in [0.05, 0.1) is 19.2 Å². The maximum absolute atomic E-state index is 12.6. The Kier molecular flexibility index (Phi) is 8.13. The number of rotatable bonds is 7. The normalized spacial score (nSPS) is 10.1. The van der Waals surface area contributed by atoms with Gasteiger partial charge in [-0.3, -0.25) is 15.6 Å². The van der Waals surface area contributed by atoms with Gasteiger partial charge in [-0.15, -0.1) is 0 Å². The zero-order valence-electron chi connectivity index (χ0n) is 17.5. The number of para-hydroxylation sites is 1. The molecule has 1 amide bonds. The van der Waals surface area contributed by atoms with Crippen LogP contribution in [0.4, 0.5) is 5.69 Å². The number of benzene rings is 3. The van der Waals surface area contributed by atoms with Crippen LogP contribution >= 0.6 is 23.8 Å². The first-order chi connectivity index (χ1) is 15.5. The first kappa shape index (κ1) is 23.2. The highest BCUT2D eigenvalue weighted by Gasteiger charge is 2.12. The van der Waals surface area contributed by atoms with Gasteiger partial charge >= 0.3 is 0 Å². The Morgan fingerprint density at radius 3 is 2.50 bits per heavy atom. The predicted molar refractivity (Wildman–Crippen MR) is 129 cm³/mol. The van der Waals surface area contributed by atoms with Crippen LogP contribution in [-0.2, 0) is 6.61 Å². The predicted octanol–water partition coefficient (Wildman–Crippen LogP) is 4.57. The molecule has 9 heteroatoms. The van der Waals surface area contributed by atoms with Crippen molar-refractivity contribution in [1.29, 1.82) is 0 Å². The van der Waals surface area contributed by atoms with Gasteiger partial charge in [-0.25, -0.2) is 0 Å². The van der Waals surface area contributed by atoms with E-state index >= 15 is 0 Å². The van der Waals surface area contributed by atoms with E-state index in [9.17, 15) is 4.79 Å². The number of ether oxygens (including phenoxy) is 3. The van der Waals surface area contributed by atoms with E-state index in [0.29, 0.717) is 33.4 Å². The minimum absolute atomic E-state index is 0.178. The second kappa shape index (κ2) is 11.2. The first-order valence-electron chi connectivity index (χ1n) is 9.56. The third-order valence-electron chi connectivity index (χ3n) is 4.38. The molecule has 32 heavy (non-hydrogen) atoms. The zero-order chi connectivity index (χ0) is 22.9. The van der Waals surface area contributed by atoms with Gasteiger partial charge in [-0.1, -0.05) is 29.8 Å². The van der Waals surface area contributed by atoms with Crippen molar-refractivity contribution < 1.29 is 19.0 Å². The maximum Gasteiger partial charge on any atom is 0.269 e. The van der Waals surface area contributed by atoms with Crippen LogP contribution < -0.4 is 30.4 Å². The molecule has 0 aliphatic rings. The summed E-state index contributed by atoms with van der Waals surface area (Å²) in [5, 5.41) is 3.70. The van der Waals surface area contributed by atoms with Crippen LogP contribution in [0.15, 0.2) is 66.7 Å².